The maximum Gasteiger partial charge on any atom is 0.416 e. The second-order valence-electron chi connectivity index (χ2n) is 5.39. The quantitative estimate of drug-likeness (QED) is 0.779. The topological polar surface area (TPSA) is 68.0 Å². The van der Waals surface area contributed by atoms with Crippen molar-refractivity contribution in [2.24, 2.45) is 0 Å². The number of alkyl halides is 3. The number of carbonyl (C=O) groups is 1. The predicted octanol–water partition coefficient (Wildman–Crippen LogP) is 3.96. The van der Waals surface area contributed by atoms with Gasteiger partial charge in [-0.25, -0.2) is 14.5 Å². The van der Waals surface area contributed by atoms with E-state index in [1.807, 2.05) is 0 Å². The molecule has 0 aliphatic rings. The lowest BCUT2D eigenvalue weighted by atomic mass is 10.0. The van der Waals surface area contributed by atoms with Crippen molar-refractivity contribution in [1.29, 1.82) is 0 Å². The first-order chi connectivity index (χ1) is 11.8. The number of aryl methyl sites for hydroxylation is 1. The fraction of sp³-hybridized carbons (Fsp3) is 0.118. The number of rotatable bonds is 3. The fourth-order valence-electron chi connectivity index (χ4n) is 2.36. The van der Waals surface area contributed by atoms with Gasteiger partial charge in [-0.15, -0.1) is 5.10 Å². The molecule has 0 spiro atoms. The van der Waals surface area contributed by atoms with Gasteiger partial charge < -0.3 is 5.11 Å². The molecule has 0 fully saturated rings. The van der Waals surface area contributed by atoms with Gasteiger partial charge in [-0.2, -0.15) is 13.2 Å². The van der Waals surface area contributed by atoms with Crippen LogP contribution in [0.4, 0.5) is 13.2 Å². The molecule has 0 radical (unpaired) electrons. The lowest BCUT2D eigenvalue weighted by Gasteiger charge is -2.07. The molecular formula is C17H12F3N3O2. The Balaban J connectivity index is 1.91. The molecule has 8 heteroatoms. The Morgan fingerprint density at radius 1 is 1.12 bits per heavy atom. The SMILES string of the molecule is Cc1cc(C(=O)O)ccc1-c1ncn(-c2ccc(C(F)(F)F)cc2)n1. The van der Waals surface area contributed by atoms with Gasteiger partial charge in [0, 0.05) is 5.56 Å². The summed E-state index contributed by atoms with van der Waals surface area (Å²) < 4.78 is 39.2. The van der Waals surface area contributed by atoms with Crippen LogP contribution in [0, 0.1) is 6.92 Å². The molecule has 0 aliphatic carbocycles. The summed E-state index contributed by atoms with van der Waals surface area (Å²) in [4.78, 5) is 15.1. The molecule has 25 heavy (non-hydrogen) atoms. The third-order valence-corrected chi connectivity index (χ3v) is 3.67. The van der Waals surface area contributed by atoms with Gasteiger partial charge in [-0.1, -0.05) is 0 Å². The van der Waals surface area contributed by atoms with Gasteiger partial charge in [-0.05, 0) is 55.0 Å². The maximum atomic E-state index is 12.6. The van der Waals surface area contributed by atoms with Crippen molar-refractivity contribution in [3.05, 3.63) is 65.5 Å². The van der Waals surface area contributed by atoms with Crippen molar-refractivity contribution in [3.63, 3.8) is 0 Å². The highest BCUT2D eigenvalue weighted by atomic mass is 19.4. The number of halogens is 3. The Kier molecular flexibility index (Phi) is 4.03. The summed E-state index contributed by atoms with van der Waals surface area (Å²) in [5.41, 5.74) is 1.19. The van der Waals surface area contributed by atoms with E-state index in [1.165, 1.54) is 35.3 Å². The molecule has 128 valence electrons. The van der Waals surface area contributed by atoms with Crippen LogP contribution in [0.2, 0.25) is 0 Å². The van der Waals surface area contributed by atoms with Crippen molar-refractivity contribution in [2.45, 2.75) is 13.1 Å². The Morgan fingerprint density at radius 2 is 1.80 bits per heavy atom. The van der Waals surface area contributed by atoms with Crippen LogP contribution in [-0.4, -0.2) is 25.8 Å². The molecule has 0 unspecified atom stereocenters. The van der Waals surface area contributed by atoms with Crippen molar-refractivity contribution < 1.29 is 23.1 Å². The summed E-state index contributed by atoms with van der Waals surface area (Å²) in [5, 5.41) is 13.2. The zero-order valence-corrected chi connectivity index (χ0v) is 12.9. The predicted molar refractivity (Wildman–Crippen MR) is 83.5 cm³/mol. The molecule has 1 heterocycles. The average Bonchev–Trinajstić information content (AvgIpc) is 3.03. The van der Waals surface area contributed by atoms with Crippen LogP contribution in [0.5, 0.6) is 0 Å². The van der Waals surface area contributed by atoms with E-state index in [1.54, 1.807) is 13.0 Å². The van der Waals surface area contributed by atoms with Gasteiger partial charge in [-0.3, -0.25) is 0 Å². The van der Waals surface area contributed by atoms with E-state index >= 15 is 0 Å². The maximum absolute atomic E-state index is 12.6. The number of nitrogens with zero attached hydrogens (tertiary/aromatic N) is 3. The first-order valence-electron chi connectivity index (χ1n) is 7.19. The van der Waals surface area contributed by atoms with Crippen LogP contribution in [0.25, 0.3) is 17.1 Å². The van der Waals surface area contributed by atoms with E-state index in [2.05, 4.69) is 10.1 Å². The molecular weight excluding hydrogens is 335 g/mol. The number of aromatic nitrogens is 3. The first-order valence-corrected chi connectivity index (χ1v) is 7.19. The second-order valence-corrected chi connectivity index (χ2v) is 5.39. The van der Waals surface area contributed by atoms with Crippen LogP contribution >= 0.6 is 0 Å². The zero-order chi connectivity index (χ0) is 18.2. The zero-order valence-electron chi connectivity index (χ0n) is 12.9. The van der Waals surface area contributed by atoms with Crippen molar-refractivity contribution >= 4 is 5.97 Å². The van der Waals surface area contributed by atoms with Crippen molar-refractivity contribution in [3.8, 4) is 17.1 Å². The van der Waals surface area contributed by atoms with E-state index in [4.69, 9.17) is 5.11 Å². The minimum Gasteiger partial charge on any atom is -0.478 e. The summed E-state index contributed by atoms with van der Waals surface area (Å²) in [6.07, 6.45) is -3.00. The highest BCUT2D eigenvalue weighted by Gasteiger charge is 2.30. The molecule has 2 aromatic carbocycles. The summed E-state index contributed by atoms with van der Waals surface area (Å²) in [6, 6.07) is 9.13. The molecule has 0 bridgehead atoms. The normalized spacial score (nSPS) is 11.5. The first kappa shape index (κ1) is 16.7. The Morgan fingerprint density at radius 3 is 2.36 bits per heavy atom. The van der Waals surface area contributed by atoms with Crippen LogP contribution < -0.4 is 0 Å². The van der Waals surface area contributed by atoms with E-state index in [-0.39, 0.29) is 5.56 Å². The third-order valence-electron chi connectivity index (χ3n) is 3.67. The lowest BCUT2D eigenvalue weighted by Crippen LogP contribution is -2.05. The van der Waals surface area contributed by atoms with Crippen LogP contribution in [-0.2, 0) is 6.18 Å². The summed E-state index contributed by atoms with van der Waals surface area (Å²) in [6.45, 7) is 1.74. The number of hydrogen-bond donors (Lipinski definition) is 1. The highest BCUT2D eigenvalue weighted by molar-refractivity contribution is 5.88. The molecule has 1 N–H and O–H groups in total. The summed E-state index contributed by atoms with van der Waals surface area (Å²) in [5.74, 6) is -0.674. The molecule has 0 saturated carbocycles. The minimum atomic E-state index is -4.39. The van der Waals surface area contributed by atoms with Crippen LogP contribution in [0.3, 0.4) is 0 Å². The Labute approximate surface area is 140 Å². The lowest BCUT2D eigenvalue weighted by molar-refractivity contribution is -0.137. The fourth-order valence-corrected chi connectivity index (χ4v) is 2.36. The van der Waals surface area contributed by atoms with Crippen LogP contribution in [0.15, 0.2) is 48.8 Å². The molecule has 3 aromatic rings. The molecule has 3 rings (SSSR count). The van der Waals surface area contributed by atoms with E-state index in [0.29, 0.717) is 22.6 Å². The van der Waals surface area contributed by atoms with Gasteiger partial charge in [0.2, 0.25) is 0 Å². The molecule has 5 nitrogen and oxygen atoms in total. The van der Waals surface area contributed by atoms with Crippen molar-refractivity contribution in [2.75, 3.05) is 0 Å². The Bertz CT molecular complexity index is 931. The van der Waals surface area contributed by atoms with Crippen molar-refractivity contribution in [1.82, 2.24) is 14.8 Å². The van der Waals surface area contributed by atoms with Gasteiger partial charge in [0.1, 0.15) is 6.33 Å². The smallest absolute Gasteiger partial charge is 0.416 e. The highest BCUT2D eigenvalue weighted by Crippen LogP contribution is 2.29. The Hall–Kier alpha value is -3.16. The molecule has 1 aromatic heterocycles. The number of carboxylic acid groups (broad SMARTS) is 1. The third kappa shape index (κ3) is 3.37. The monoisotopic (exact) mass is 347 g/mol. The largest absolute Gasteiger partial charge is 0.478 e. The molecule has 0 aliphatic heterocycles. The van der Waals surface area contributed by atoms with Gasteiger partial charge in [0.05, 0.1) is 16.8 Å². The minimum absolute atomic E-state index is 0.156. The number of benzene rings is 2. The summed E-state index contributed by atoms with van der Waals surface area (Å²) >= 11 is 0. The van der Waals surface area contributed by atoms with Gasteiger partial charge in [0.25, 0.3) is 0 Å². The number of aromatic carboxylic acids is 1. The van der Waals surface area contributed by atoms with E-state index in [9.17, 15) is 18.0 Å². The average molecular weight is 347 g/mol. The molecule has 0 saturated heterocycles. The standard InChI is InChI=1S/C17H12F3N3O2/c1-10-8-11(16(24)25)2-7-14(10)15-21-9-23(22-15)13-5-3-12(4-6-13)17(18,19)20/h2-9H,1H3,(H,24,25). The van der Waals surface area contributed by atoms with E-state index < -0.39 is 17.7 Å². The van der Waals surface area contributed by atoms with Gasteiger partial charge in [0.15, 0.2) is 5.82 Å². The number of hydrogen-bond acceptors (Lipinski definition) is 3. The van der Waals surface area contributed by atoms with Gasteiger partial charge >= 0.3 is 12.1 Å². The summed E-state index contributed by atoms with van der Waals surface area (Å²) in [7, 11) is 0. The number of carboxylic acids is 1. The molecule has 0 amide bonds. The second kappa shape index (κ2) is 6.04. The van der Waals surface area contributed by atoms with Crippen LogP contribution in [0.1, 0.15) is 21.5 Å². The molecule has 0 atom stereocenters. The van der Waals surface area contributed by atoms with E-state index in [0.717, 1.165) is 12.1 Å².